The summed E-state index contributed by atoms with van der Waals surface area (Å²) in [7, 11) is 4.79. The molecule has 2 aromatic rings. The monoisotopic (exact) mass is 352 g/mol. The predicted octanol–water partition coefficient (Wildman–Crippen LogP) is 2.82. The summed E-state index contributed by atoms with van der Waals surface area (Å²) in [5, 5.41) is 2.81. The second-order valence-electron chi connectivity index (χ2n) is 5.67. The Morgan fingerprint density at radius 3 is 2.31 bits per heavy atom. The standard InChI is InChI=1S/C20H20N2O4/c1-24-15-6-4-13(5-7-15)10-19-21-17(20(23)22-19)12-14-11-16(25-2)8-9-18(14)26-3/h4-9,11-12H,10H2,1-3H3,(H,21,22,23)/b17-12-. The molecule has 0 saturated carbocycles. The Morgan fingerprint density at radius 2 is 1.65 bits per heavy atom. The Kier molecular flexibility index (Phi) is 5.22. The van der Waals surface area contributed by atoms with E-state index in [0.717, 1.165) is 16.9 Å². The number of hydrogen-bond donors (Lipinski definition) is 1. The molecule has 0 unspecified atom stereocenters. The van der Waals surface area contributed by atoms with Gasteiger partial charge in [-0.05, 0) is 42.0 Å². The summed E-state index contributed by atoms with van der Waals surface area (Å²) in [6, 6.07) is 13.0. The van der Waals surface area contributed by atoms with Crippen molar-refractivity contribution in [2.24, 2.45) is 4.99 Å². The van der Waals surface area contributed by atoms with Crippen LogP contribution in [-0.2, 0) is 11.2 Å². The zero-order valence-corrected chi connectivity index (χ0v) is 14.9. The van der Waals surface area contributed by atoms with Crippen LogP contribution in [0.15, 0.2) is 53.2 Å². The van der Waals surface area contributed by atoms with Crippen molar-refractivity contribution in [3.05, 3.63) is 59.3 Å². The maximum atomic E-state index is 12.2. The largest absolute Gasteiger partial charge is 0.497 e. The molecule has 0 saturated heterocycles. The van der Waals surface area contributed by atoms with Crippen LogP contribution < -0.4 is 19.5 Å². The van der Waals surface area contributed by atoms with Gasteiger partial charge in [-0.2, -0.15) is 0 Å². The van der Waals surface area contributed by atoms with E-state index >= 15 is 0 Å². The second-order valence-corrected chi connectivity index (χ2v) is 5.67. The lowest BCUT2D eigenvalue weighted by molar-refractivity contribution is -0.115. The van der Waals surface area contributed by atoms with Gasteiger partial charge in [0.15, 0.2) is 0 Å². The summed E-state index contributed by atoms with van der Waals surface area (Å²) in [5.74, 6) is 2.48. The fraction of sp³-hybridized carbons (Fsp3) is 0.200. The molecule has 0 aromatic heterocycles. The van der Waals surface area contributed by atoms with Crippen molar-refractivity contribution in [3.8, 4) is 17.2 Å². The van der Waals surface area contributed by atoms with Crippen molar-refractivity contribution >= 4 is 17.8 Å². The molecule has 6 nitrogen and oxygen atoms in total. The average Bonchev–Trinajstić information content (AvgIpc) is 3.01. The third kappa shape index (κ3) is 3.85. The van der Waals surface area contributed by atoms with Crippen molar-refractivity contribution in [2.45, 2.75) is 6.42 Å². The highest BCUT2D eigenvalue weighted by molar-refractivity contribution is 6.14. The Bertz CT molecular complexity index is 870. The minimum atomic E-state index is -0.238. The van der Waals surface area contributed by atoms with E-state index in [0.29, 0.717) is 29.5 Å². The van der Waals surface area contributed by atoms with Gasteiger partial charge in [0.05, 0.1) is 21.3 Å². The molecule has 134 valence electrons. The molecule has 1 N–H and O–H groups in total. The van der Waals surface area contributed by atoms with Gasteiger partial charge in [-0.3, -0.25) is 4.79 Å². The smallest absolute Gasteiger partial charge is 0.275 e. The summed E-state index contributed by atoms with van der Waals surface area (Å²) in [6.45, 7) is 0. The third-order valence-electron chi connectivity index (χ3n) is 4.01. The van der Waals surface area contributed by atoms with Gasteiger partial charge in [-0.25, -0.2) is 4.99 Å². The highest BCUT2D eigenvalue weighted by Crippen LogP contribution is 2.27. The summed E-state index contributed by atoms with van der Waals surface area (Å²) in [6.07, 6.45) is 2.22. The topological polar surface area (TPSA) is 69.1 Å². The number of rotatable bonds is 6. The first-order valence-electron chi connectivity index (χ1n) is 8.08. The van der Waals surface area contributed by atoms with E-state index in [4.69, 9.17) is 14.2 Å². The number of amides is 1. The van der Waals surface area contributed by atoms with Crippen LogP contribution >= 0.6 is 0 Å². The van der Waals surface area contributed by atoms with E-state index in [2.05, 4.69) is 10.3 Å². The van der Waals surface area contributed by atoms with E-state index in [-0.39, 0.29) is 5.91 Å². The van der Waals surface area contributed by atoms with Crippen LogP contribution in [0.25, 0.3) is 6.08 Å². The number of methoxy groups -OCH3 is 3. The van der Waals surface area contributed by atoms with Gasteiger partial charge < -0.3 is 19.5 Å². The molecule has 2 aromatic carbocycles. The van der Waals surface area contributed by atoms with Gasteiger partial charge >= 0.3 is 0 Å². The lowest BCUT2D eigenvalue weighted by Crippen LogP contribution is -2.25. The SMILES string of the molecule is COc1ccc(CC2=N/C(=C\c3cc(OC)ccc3OC)C(=O)N2)cc1. The fourth-order valence-corrected chi connectivity index (χ4v) is 2.64. The highest BCUT2D eigenvalue weighted by Gasteiger charge is 2.20. The summed E-state index contributed by atoms with van der Waals surface area (Å²) < 4.78 is 15.7. The second kappa shape index (κ2) is 7.74. The van der Waals surface area contributed by atoms with Crippen LogP contribution in [0.5, 0.6) is 17.2 Å². The third-order valence-corrected chi connectivity index (χ3v) is 4.01. The Labute approximate surface area is 152 Å². The van der Waals surface area contributed by atoms with Crippen molar-refractivity contribution < 1.29 is 19.0 Å². The molecular weight excluding hydrogens is 332 g/mol. The number of amidine groups is 1. The lowest BCUT2D eigenvalue weighted by atomic mass is 10.1. The van der Waals surface area contributed by atoms with E-state index < -0.39 is 0 Å². The Morgan fingerprint density at radius 1 is 0.962 bits per heavy atom. The molecule has 1 heterocycles. The zero-order valence-electron chi connectivity index (χ0n) is 14.9. The molecular formula is C20H20N2O4. The summed E-state index contributed by atoms with van der Waals surface area (Å²) in [4.78, 5) is 16.7. The minimum absolute atomic E-state index is 0.238. The zero-order chi connectivity index (χ0) is 18.5. The number of aliphatic imine (C=N–C) groups is 1. The first-order valence-corrected chi connectivity index (χ1v) is 8.08. The predicted molar refractivity (Wildman–Crippen MR) is 99.8 cm³/mol. The number of nitrogens with one attached hydrogen (secondary N) is 1. The first-order chi connectivity index (χ1) is 12.6. The summed E-state index contributed by atoms with van der Waals surface area (Å²) >= 11 is 0. The molecule has 3 rings (SSSR count). The van der Waals surface area contributed by atoms with Gasteiger partial charge in [0, 0.05) is 12.0 Å². The van der Waals surface area contributed by atoms with Crippen molar-refractivity contribution in [3.63, 3.8) is 0 Å². The molecule has 0 bridgehead atoms. The molecule has 6 heteroatoms. The fourth-order valence-electron chi connectivity index (χ4n) is 2.64. The van der Waals surface area contributed by atoms with E-state index in [1.807, 2.05) is 24.3 Å². The quantitative estimate of drug-likeness (QED) is 0.812. The van der Waals surface area contributed by atoms with Crippen LogP contribution in [0.4, 0.5) is 0 Å². The van der Waals surface area contributed by atoms with Crippen molar-refractivity contribution in [1.82, 2.24) is 5.32 Å². The van der Waals surface area contributed by atoms with Gasteiger partial charge in [0.25, 0.3) is 5.91 Å². The Hall–Kier alpha value is -3.28. The average molecular weight is 352 g/mol. The lowest BCUT2D eigenvalue weighted by Gasteiger charge is -2.07. The molecule has 0 fully saturated rings. The van der Waals surface area contributed by atoms with E-state index in [1.165, 1.54) is 0 Å². The minimum Gasteiger partial charge on any atom is -0.497 e. The molecule has 1 amide bonds. The van der Waals surface area contributed by atoms with Crippen molar-refractivity contribution in [1.29, 1.82) is 0 Å². The van der Waals surface area contributed by atoms with Crippen LogP contribution in [-0.4, -0.2) is 33.1 Å². The first kappa shape index (κ1) is 17.5. The highest BCUT2D eigenvalue weighted by atomic mass is 16.5. The van der Waals surface area contributed by atoms with Crippen LogP contribution in [0.2, 0.25) is 0 Å². The number of carbonyl (C=O) groups is 1. The van der Waals surface area contributed by atoms with Gasteiger partial charge in [-0.15, -0.1) is 0 Å². The van der Waals surface area contributed by atoms with Gasteiger partial charge in [0.2, 0.25) is 0 Å². The van der Waals surface area contributed by atoms with Gasteiger partial charge in [0.1, 0.15) is 28.8 Å². The molecule has 1 aliphatic heterocycles. The molecule has 0 radical (unpaired) electrons. The van der Waals surface area contributed by atoms with Crippen molar-refractivity contribution in [2.75, 3.05) is 21.3 Å². The Balaban J connectivity index is 1.84. The van der Waals surface area contributed by atoms with E-state index in [1.54, 1.807) is 45.6 Å². The van der Waals surface area contributed by atoms with Crippen LogP contribution in [0.3, 0.4) is 0 Å². The molecule has 0 aliphatic carbocycles. The van der Waals surface area contributed by atoms with Crippen LogP contribution in [0, 0.1) is 0 Å². The number of benzene rings is 2. The number of ether oxygens (including phenoxy) is 3. The molecule has 0 spiro atoms. The maximum absolute atomic E-state index is 12.2. The molecule has 26 heavy (non-hydrogen) atoms. The molecule has 1 aliphatic rings. The maximum Gasteiger partial charge on any atom is 0.275 e. The number of nitrogens with zero attached hydrogens (tertiary/aromatic N) is 1. The molecule has 0 atom stereocenters. The normalized spacial score (nSPS) is 14.8. The number of hydrogen-bond acceptors (Lipinski definition) is 5. The number of carbonyl (C=O) groups excluding carboxylic acids is 1. The van der Waals surface area contributed by atoms with Crippen LogP contribution in [0.1, 0.15) is 11.1 Å². The van der Waals surface area contributed by atoms with E-state index in [9.17, 15) is 4.79 Å². The van der Waals surface area contributed by atoms with Gasteiger partial charge in [-0.1, -0.05) is 12.1 Å². The summed E-state index contributed by atoms with van der Waals surface area (Å²) in [5.41, 5.74) is 2.09.